The number of H-pyrrole nitrogens is 1. The standard InChI is InChI=1S/C16H18F2N2O2/c1-9-11(4-5-19-16(21)14-3-2-6-22-14)12-7-10(17)8-13(18)15(12)20-9/h7-8,14,20H,2-6H2,1H3,(H,19,21)/t14-/m1/s1. The van der Waals surface area contributed by atoms with Gasteiger partial charge in [-0.15, -0.1) is 0 Å². The van der Waals surface area contributed by atoms with E-state index in [9.17, 15) is 13.6 Å². The summed E-state index contributed by atoms with van der Waals surface area (Å²) in [7, 11) is 0. The van der Waals surface area contributed by atoms with Gasteiger partial charge in [-0.1, -0.05) is 0 Å². The molecular weight excluding hydrogens is 290 g/mol. The van der Waals surface area contributed by atoms with Crippen LogP contribution in [0.25, 0.3) is 10.9 Å². The second kappa shape index (κ2) is 6.04. The zero-order chi connectivity index (χ0) is 15.7. The van der Waals surface area contributed by atoms with Crippen LogP contribution >= 0.6 is 0 Å². The molecule has 0 aliphatic carbocycles. The molecule has 6 heteroatoms. The van der Waals surface area contributed by atoms with Crippen molar-refractivity contribution in [1.82, 2.24) is 10.3 Å². The van der Waals surface area contributed by atoms with Gasteiger partial charge in [0.05, 0.1) is 5.52 Å². The zero-order valence-electron chi connectivity index (χ0n) is 12.3. The van der Waals surface area contributed by atoms with Gasteiger partial charge < -0.3 is 15.0 Å². The van der Waals surface area contributed by atoms with Crippen LogP contribution in [-0.2, 0) is 16.0 Å². The van der Waals surface area contributed by atoms with E-state index in [2.05, 4.69) is 10.3 Å². The molecule has 118 valence electrons. The Morgan fingerprint density at radius 2 is 2.27 bits per heavy atom. The van der Waals surface area contributed by atoms with E-state index in [-0.39, 0.29) is 12.0 Å². The summed E-state index contributed by atoms with van der Waals surface area (Å²) in [4.78, 5) is 14.8. The predicted octanol–water partition coefficient (Wildman–Crippen LogP) is 2.59. The molecule has 2 heterocycles. The van der Waals surface area contributed by atoms with Crippen molar-refractivity contribution in [2.75, 3.05) is 13.2 Å². The maximum atomic E-state index is 13.7. The van der Waals surface area contributed by atoms with E-state index in [4.69, 9.17) is 4.74 Å². The molecular formula is C16H18F2N2O2. The highest BCUT2D eigenvalue weighted by Gasteiger charge is 2.23. The van der Waals surface area contributed by atoms with Crippen molar-refractivity contribution >= 4 is 16.8 Å². The van der Waals surface area contributed by atoms with Crippen LogP contribution in [0.15, 0.2) is 12.1 Å². The number of benzene rings is 1. The molecule has 1 aromatic heterocycles. The average molecular weight is 308 g/mol. The second-order valence-corrected chi connectivity index (χ2v) is 5.58. The highest BCUT2D eigenvalue weighted by molar-refractivity contribution is 5.85. The van der Waals surface area contributed by atoms with Gasteiger partial charge in [-0.3, -0.25) is 4.79 Å². The minimum Gasteiger partial charge on any atom is -0.368 e. The summed E-state index contributed by atoms with van der Waals surface area (Å²) in [5.74, 6) is -1.33. The van der Waals surface area contributed by atoms with E-state index in [1.165, 1.54) is 6.07 Å². The number of hydrogen-bond donors (Lipinski definition) is 2. The van der Waals surface area contributed by atoms with E-state index in [1.54, 1.807) is 0 Å². The van der Waals surface area contributed by atoms with E-state index in [0.717, 1.165) is 30.2 Å². The van der Waals surface area contributed by atoms with Crippen molar-refractivity contribution in [1.29, 1.82) is 0 Å². The molecule has 0 unspecified atom stereocenters. The summed E-state index contributed by atoms with van der Waals surface area (Å²) in [6.45, 7) is 2.84. The van der Waals surface area contributed by atoms with Gasteiger partial charge >= 0.3 is 0 Å². The van der Waals surface area contributed by atoms with Crippen molar-refractivity contribution in [2.45, 2.75) is 32.3 Å². The molecule has 4 nitrogen and oxygen atoms in total. The number of carbonyl (C=O) groups excluding carboxylic acids is 1. The number of ether oxygens (including phenoxy) is 1. The maximum absolute atomic E-state index is 13.7. The minimum absolute atomic E-state index is 0.118. The summed E-state index contributed by atoms with van der Waals surface area (Å²) in [5, 5.41) is 3.35. The largest absolute Gasteiger partial charge is 0.368 e. The quantitative estimate of drug-likeness (QED) is 0.912. The first-order valence-electron chi connectivity index (χ1n) is 7.42. The molecule has 1 aromatic carbocycles. The maximum Gasteiger partial charge on any atom is 0.249 e. The first kappa shape index (κ1) is 15.0. The fraction of sp³-hybridized carbons (Fsp3) is 0.438. The third kappa shape index (κ3) is 2.83. The molecule has 1 saturated heterocycles. The Morgan fingerprint density at radius 3 is 3.00 bits per heavy atom. The van der Waals surface area contributed by atoms with Crippen LogP contribution in [0.3, 0.4) is 0 Å². The molecule has 1 aliphatic rings. The van der Waals surface area contributed by atoms with Gasteiger partial charge in [0.2, 0.25) is 5.91 Å². The van der Waals surface area contributed by atoms with Gasteiger partial charge in [0.15, 0.2) is 0 Å². The number of hydrogen-bond acceptors (Lipinski definition) is 2. The van der Waals surface area contributed by atoms with Crippen molar-refractivity contribution in [3.63, 3.8) is 0 Å². The SMILES string of the molecule is Cc1[nH]c2c(F)cc(F)cc2c1CCNC(=O)[C@H]1CCCO1. The molecule has 0 radical (unpaired) electrons. The van der Waals surface area contributed by atoms with Crippen LogP contribution in [0, 0.1) is 18.6 Å². The summed E-state index contributed by atoms with van der Waals surface area (Å²) >= 11 is 0. The highest BCUT2D eigenvalue weighted by atomic mass is 19.1. The number of amides is 1. The molecule has 0 bridgehead atoms. The summed E-state index contributed by atoms with van der Waals surface area (Å²) in [6.07, 6.45) is 1.79. The molecule has 0 saturated carbocycles. The Hall–Kier alpha value is -1.95. The lowest BCUT2D eigenvalue weighted by Crippen LogP contribution is -2.35. The van der Waals surface area contributed by atoms with Crippen molar-refractivity contribution in [3.05, 3.63) is 35.0 Å². The van der Waals surface area contributed by atoms with Gasteiger partial charge in [0.1, 0.15) is 17.7 Å². The summed E-state index contributed by atoms with van der Waals surface area (Å²) < 4.78 is 32.4. The van der Waals surface area contributed by atoms with Crippen LogP contribution in [-0.4, -0.2) is 30.1 Å². The monoisotopic (exact) mass is 308 g/mol. The summed E-state index contributed by atoms with van der Waals surface area (Å²) in [6, 6.07) is 2.18. The van der Waals surface area contributed by atoms with Crippen molar-refractivity contribution in [3.8, 4) is 0 Å². The van der Waals surface area contributed by atoms with Crippen LogP contribution in [0.4, 0.5) is 8.78 Å². The first-order chi connectivity index (χ1) is 10.6. The number of halogens is 2. The fourth-order valence-corrected chi connectivity index (χ4v) is 2.93. The summed E-state index contributed by atoms with van der Waals surface area (Å²) in [5.41, 5.74) is 1.91. The zero-order valence-corrected chi connectivity index (χ0v) is 12.3. The average Bonchev–Trinajstić information content (AvgIpc) is 3.09. The first-order valence-corrected chi connectivity index (χ1v) is 7.42. The predicted molar refractivity (Wildman–Crippen MR) is 78.6 cm³/mol. The molecule has 0 spiro atoms. The number of aryl methyl sites for hydroxylation is 1. The van der Waals surface area contributed by atoms with E-state index in [0.29, 0.717) is 30.5 Å². The van der Waals surface area contributed by atoms with Gasteiger partial charge in [-0.2, -0.15) is 0 Å². The van der Waals surface area contributed by atoms with E-state index in [1.807, 2.05) is 6.92 Å². The highest BCUT2D eigenvalue weighted by Crippen LogP contribution is 2.25. The lowest BCUT2D eigenvalue weighted by molar-refractivity contribution is -0.129. The molecule has 2 aromatic rings. The normalized spacial score (nSPS) is 18.0. The van der Waals surface area contributed by atoms with Crippen LogP contribution in [0.2, 0.25) is 0 Å². The van der Waals surface area contributed by atoms with Gasteiger partial charge in [0, 0.05) is 30.3 Å². The van der Waals surface area contributed by atoms with Crippen molar-refractivity contribution < 1.29 is 18.3 Å². The molecule has 1 fully saturated rings. The molecule has 22 heavy (non-hydrogen) atoms. The number of aromatic amines is 1. The fourth-order valence-electron chi connectivity index (χ4n) is 2.93. The molecule has 1 atom stereocenters. The molecule has 1 aliphatic heterocycles. The van der Waals surface area contributed by atoms with Crippen LogP contribution < -0.4 is 5.32 Å². The molecule has 2 N–H and O–H groups in total. The Labute approximate surface area is 126 Å². The van der Waals surface area contributed by atoms with Gasteiger partial charge in [0.25, 0.3) is 0 Å². The van der Waals surface area contributed by atoms with Crippen LogP contribution in [0.1, 0.15) is 24.1 Å². The number of rotatable bonds is 4. The lowest BCUT2D eigenvalue weighted by atomic mass is 10.1. The Bertz CT molecular complexity index is 706. The van der Waals surface area contributed by atoms with Gasteiger partial charge in [-0.25, -0.2) is 8.78 Å². The topological polar surface area (TPSA) is 54.1 Å². The van der Waals surface area contributed by atoms with Gasteiger partial charge in [-0.05, 0) is 37.8 Å². The Kier molecular flexibility index (Phi) is 4.11. The number of fused-ring (bicyclic) bond motifs is 1. The lowest BCUT2D eigenvalue weighted by Gasteiger charge is -2.10. The number of aromatic nitrogens is 1. The third-order valence-electron chi connectivity index (χ3n) is 4.04. The second-order valence-electron chi connectivity index (χ2n) is 5.58. The van der Waals surface area contributed by atoms with Crippen molar-refractivity contribution in [2.24, 2.45) is 0 Å². The van der Waals surface area contributed by atoms with E-state index >= 15 is 0 Å². The number of carbonyl (C=O) groups is 1. The number of nitrogens with one attached hydrogen (secondary N) is 2. The van der Waals surface area contributed by atoms with Crippen LogP contribution in [0.5, 0.6) is 0 Å². The smallest absolute Gasteiger partial charge is 0.249 e. The molecule has 3 rings (SSSR count). The Balaban J connectivity index is 1.71. The van der Waals surface area contributed by atoms with E-state index < -0.39 is 11.6 Å². The third-order valence-corrected chi connectivity index (χ3v) is 4.04. The minimum atomic E-state index is -0.604. The molecule has 1 amide bonds. The Morgan fingerprint density at radius 1 is 1.45 bits per heavy atom.